The zero-order valence-electron chi connectivity index (χ0n) is 9.83. The topological polar surface area (TPSA) is 58.9 Å². The van der Waals surface area contributed by atoms with Gasteiger partial charge in [0, 0.05) is 21.7 Å². The molecule has 18 heavy (non-hydrogen) atoms. The summed E-state index contributed by atoms with van der Waals surface area (Å²) >= 11 is 0. The molecule has 0 fully saturated rings. The summed E-state index contributed by atoms with van der Waals surface area (Å²) in [5.41, 5.74) is -0.335. The van der Waals surface area contributed by atoms with Gasteiger partial charge in [-0.15, -0.1) is 0 Å². The van der Waals surface area contributed by atoms with Gasteiger partial charge in [-0.25, -0.2) is 8.78 Å². The van der Waals surface area contributed by atoms with Crippen molar-refractivity contribution in [2.24, 2.45) is 0 Å². The highest BCUT2D eigenvalue weighted by Gasteiger charge is 2.50. The van der Waals surface area contributed by atoms with Gasteiger partial charge in [-0.1, -0.05) is 0 Å². The van der Waals surface area contributed by atoms with Crippen molar-refractivity contribution in [2.75, 3.05) is 0 Å². The lowest BCUT2D eigenvalue weighted by molar-refractivity contribution is 0.272. The average molecular weight is 270 g/mol. The second-order valence-corrected chi connectivity index (χ2v) is 8.71. The molecule has 2 aliphatic rings. The fraction of sp³-hybridized carbons (Fsp3) is 0.333. The van der Waals surface area contributed by atoms with Gasteiger partial charge >= 0.3 is 14.2 Å². The lowest BCUT2D eigenvalue weighted by Crippen LogP contribution is -2.52. The first-order valence-electron chi connectivity index (χ1n) is 5.54. The molecule has 2 N–H and O–H groups in total. The Labute approximate surface area is 104 Å². The maximum absolute atomic E-state index is 14.4. The normalized spacial score (nSPS) is 20.3. The zero-order valence-corrected chi connectivity index (χ0v) is 10.8. The van der Waals surface area contributed by atoms with E-state index in [1.807, 2.05) is 0 Å². The summed E-state index contributed by atoms with van der Waals surface area (Å²) in [5, 5.41) is 19.3. The van der Waals surface area contributed by atoms with Gasteiger partial charge in [0.2, 0.25) is 8.32 Å². The molecular weight excluding hydrogens is 260 g/mol. The molecule has 2 heterocycles. The highest BCUT2D eigenvalue weighted by Crippen LogP contribution is 2.21. The van der Waals surface area contributed by atoms with Crippen molar-refractivity contribution in [3.8, 4) is 0 Å². The first-order chi connectivity index (χ1) is 8.34. The molecule has 0 unspecified atom stereocenters. The Balaban J connectivity index is 2.38. The van der Waals surface area contributed by atoms with Crippen LogP contribution in [0.2, 0.25) is 13.1 Å². The highest BCUT2D eigenvalue weighted by molar-refractivity contribution is 6.98. The van der Waals surface area contributed by atoms with Crippen LogP contribution in [-0.4, -0.2) is 32.6 Å². The molecule has 1 aromatic rings. The average Bonchev–Trinajstić information content (AvgIpc) is 2.74. The molecule has 3 rings (SSSR count). The van der Waals surface area contributed by atoms with E-state index in [0.29, 0.717) is 0 Å². The highest BCUT2D eigenvalue weighted by atomic mass is 28.4. The molecule has 1 aromatic carbocycles. The van der Waals surface area contributed by atoms with E-state index in [0.717, 1.165) is 0 Å². The van der Waals surface area contributed by atoms with Crippen LogP contribution in [-0.2, 0) is 15.6 Å². The van der Waals surface area contributed by atoms with Crippen molar-refractivity contribution < 1.29 is 27.8 Å². The van der Waals surface area contributed by atoms with Crippen LogP contribution in [0.3, 0.4) is 0 Å². The molecule has 94 valence electrons. The molecule has 0 spiro atoms. The van der Waals surface area contributed by atoms with Crippen molar-refractivity contribution in [3.63, 3.8) is 0 Å². The smallest absolute Gasteiger partial charge is 0.446 e. The van der Waals surface area contributed by atoms with Crippen LogP contribution in [0.25, 0.3) is 0 Å². The van der Waals surface area contributed by atoms with E-state index in [4.69, 9.17) is 9.00 Å². The Hall–Kier alpha value is -0.733. The van der Waals surface area contributed by atoms with Gasteiger partial charge in [0.25, 0.3) is 0 Å². The van der Waals surface area contributed by atoms with Crippen molar-refractivity contribution in [2.45, 2.75) is 19.7 Å². The number of rotatable bonds is 0. The van der Waals surface area contributed by atoms with Crippen LogP contribution < -0.4 is 16.1 Å². The molecule has 4 nitrogen and oxygen atoms in total. The van der Waals surface area contributed by atoms with E-state index >= 15 is 0 Å². The number of hydrogen-bond acceptors (Lipinski definition) is 4. The Morgan fingerprint density at radius 3 is 2.44 bits per heavy atom. The third-order valence-electron chi connectivity index (χ3n) is 3.44. The zero-order chi connectivity index (χ0) is 13.2. The van der Waals surface area contributed by atoms with E-state index in [-0.39, 0.29) is 28.3 Å². The first-order valence-corrected chi connectivity index (χ1v) is 8.45. The summed E-state index contributed by atoms with van der Waals surface area (Å²) < 4.78 is 38.8. The predicted octanol–water partition coefficient (Wildman–Crippen LogP) is -1.69. The van der Waals surface area contributed by atoms with Gasteiger partial charge in [-0.3, -0.25) is 0 Å². The lowest BCUT2D eigenvalue weighted by Gasteiger charge is -2.18. The fourth-order valence-corrected chi connectivity index (χ4v) is 4.98. The van der Waals surface area contributed by atoms with Gasteiger partial charge in [-0.2, -0.15) is 0 Å². The fourth-order valence-electron chi connectivity index (χ4n) is 2.64. The maximum Gasteiger partial charge on any atom is 0.494 e. The standard InChI is InChI=1S/C9H10B2F2O4Si/c1-18(2)9-6(11(15)17-18)7(12)4-3-16-10(14)5(4)8(9)13/h14-15H,3H2,1-2H3. The molecule has 0 aromatic heterocycles. The molecule has 0 amide bonds. The van der Waals surface area contributed by atoms with E-state index in [1.54, 1.807) is 13.1 Å². The van der Waals surface area contributed by atoms with Crippen LogP contribution in [0.4, 0.5) is 8.78 Å². The summed E-state index contributed by atoms with van der Waals surface area (Å²) in [6.07, 6.45) is 0. The van der Waals surface area contributed by atoms with E-state index in [9.17, 15) is 18.8 Å². The van der Waals surface area contributed by atoms with Crippen molar-refractivity contribution >= 4 is 38.7 Å². The first kappa shape index (κ1) is 12.3. The predicted molar refractivity (Wildman–Crippen MR) is 64.6 cm³/mol. The molecule has 0 saturated carbocycles. The molecular formula is C9H10B2F2O4Si. The lowest BCUT2D eigenvalue weighted by atomic mass is 9.73. The van der Waals surface area contributed by atoms with Crippen LogP contribution in [0.15, 0.2) is 0 Å². The van der Waals surface area contributed by atoms with Crippen LogP contribution >= 0.6 is 0 Å². The molecule has 0 aliphatic carbocycles. The number of fused-ring (bicyclic) bond motifs is 2. The van der Waals surface area contributed by atoms with Crippen molar-refractivity contribution in [1.82, 2.24) is 0 Å². The minimum atomic E-state index is -2.70. The Bertz CT molecular complexity index is 554. The summed E-state index contributed by atoms with van der Waals surface area (Å²) in [4.78, 5) is 0. The largest absolute Gasteiger partial charge is 0.494 e. The Kier molecular flexibility index (Phi) is 2.49. The molecule has 0 saturated heterocycles. The van der Waals surface area contributed by atoms with Gasteiger partial charge in [0.15, 0.2) is 0 Å². The molecule has 0 atom stereocenters. The summed E-state index contributed by atoms with van der Waals surface area (Å²) in [6, 6.07) is 0. The third-order valence-corrected chi connectivity index (χ3v) is 5.95. The number of hydrogen-bond donors (Lipinski definition) is 2. The van der Waals surface area contributed by atoms with Gasteiger partial charge in [0.05, 0.1) is 6.61 Å². The van der Waals surface area contributed by atoms with Gasteiger partial charge in [-0.05, 0) is 13.1 Å². The third kappa shape index (κ3) is 1.39. The Morgan fingerprint density at radius 2 is 1.78 bits per heavy atom. The Morgan fingerprint density at radius 1 is 1.11 bits per heavy atom. The molecule has 2 aliphatic heterocycles. The second-order valence-electron chi connectivity index (χ2n) is 4.95. The van der Waals surface area contributed by atoms with Crippen LogP contribution in [0.5, 0.6) is 0 Å². The minimum absolute atomic E-state index is 0.0342. The van der Waals surface area contributed by atoms with E-state index in [2.05, 4.69) is 0 Å². The van der Waals surface area contributed by atoms with Crippen molar-refractivity contribution in [1.29, 1.82) is 0 Å². The van der Waals surface area contributed by atoms with Gasteiger partial charge < -0.3 is 19.0 Å². The molecule has 9 heteroatoms. The summed E-state index contributed by atoms with van der Waals surface area (Å²) in [5.74, 6) is -1.44. The molecule has 0 radical (unpaired) electrons. The SMILES string of the molecule is C[Si]1(C)OB(O)c2c(F)c3c(c(F)c21)B(O)OC3. The van der Waals surface area contributed by atoms with Crippen LogP contribution in [0.1, 0.15) is 5.56 Å². The summed E-state index contributed by atoms with van der Waals surface area (Å²) in [7, 11) is -5.61. The van der Waals surface area contributed by atoms with Crippen LogP contribution in [0, 0.1) is 11.6 Å². The number of benzene rings is 1. The van der Waals surface area contributed by atoms with Crippen molar-refractivity contribution in [3.05, 3.63) is 17.2 Å². The number of halogens is 2. The monoisotopic (exact) mass is 270 g/mol. The molecule has 0 bridgehead atoms. The second kappa shape index (κ2) is 3.64. The van der Waals surface area contributed by atoms with E-state index in [1.165, 1.54) is 0 Å². The summed E-state index contributed by atoms with van der Waals surface area (Å²) in [6.45, 7) is 3.12. The minimum Gasteiger partial charge on any atom is -0.446 e. The maximum atomic E-state index is 14.4. The van der Waals surface area contributed by atoms with Gasteiger partial charge in [0.1, 0.15) is 11.6 Å². The quantitative estimate of drug-likeness (QED) is 0.552. The van der Waals surface area contributed by atoms with E-state index < -0.39 is 34.2 Å².